The van der Waals surface area contributed by atoms with Crippen LogP contribution in [0.4, 0.5) is 0 Å². The van der Waals surface area contributed by atoms with Gasteiger partial charge < -0.3 is 23.6 Å². The van der Waals surface area contributed by atoms with E-state index in [2.05, 4.69) is 20.8 Å². The van der Waals surface area contributed by atoms with Gasteiger partial charge >= 0.3 is 13.8 Å². The molecule has 0 aromatic rings. The lowest BCUT2D eigenvalue weighted by Gasteiger charge is -2.28. The molecule has 2 unspecified atom stereocenters. The Bertz CT molecular complexity index is 718. The van der Waals surface area contributed by atoms with E-state index in [0.29, 0.717) is 42.8 Å². The Balaban J connectivity index is 5.07. The summed E-state index contributed by atoms with van der Waals surface area (Å²) in [5, 5.41) is 0. The van der Waals surface area contributed by atoms with Gasteiger partial charge in [0.1, 0.15) is 19.3 Å². The third kappa shape index (κ3) is 27.7. The van der Waals surface area contributed by atoms with Crippen LogP contribution in [0.2, 0.25) is 0 Å². The lowest BCUT2D eigenvalue weighted by molar-refractivity contribution is -0.870. The van der Waals surface area contributed by atoms with Crippen molar-refractivity contribution >= 4 is 13.8 Å². The van der Waals surface area contributed by atoms with Crippen LogP contribution in [0.1, 0.15) is 136 Å². The zero-order valence-corrected chi connectivity index (χ0v) is 30.6. The number of likely N-dealkylation sites (N-methyl/N-ethyl adjacent to an activating group) is 1. The van der Waals surface area contributed by atoms with Gasteiger partial charge in [-0.15, -0.1) is 0 Å². The number of esters is 1. The zero-order chi connectivity index (χ0) is 33.1. The third-order valence-corrected chi connectivity index (χ3v) is 9.02. The van der Waals surface area contributed by atoms with Crippen LogP contribution in [0, 0.1) is 5.92 Å². The van der Waals surface area contributed by atoms with Gasteiger partial charge in [0.25, 0.3) is 0 Å². The minimum atomic E-state index is -4.23. The van der Waals surface area contributed by atoms with Gasteiger partial charge in [0, 0.05) is 13.0 Å². The molecule has 0 aromatic heterocycles. The first-order valence-electron chi connectivity index (χ1n) is 17.7. The molecule has 1 N–H and O–H groups in total. The van der Waals surface area contributed by atoms with Crippen molar-refractivity contribution in [3.8, 4) is 0 Å². The summed E-state index contributed by atoms with van der Waals surface area (Å²) in [6.07, 6.45) is 19.9. The van der Waals surface area contributed by atoms with E-state index in [-0.39, 0.29) is 31.9 Å². The Labute approximate surface area is 271 Å². The number of rotatable bonds is 32. The summed E-state index contributed by atoms with van der Waals surface area (Å²) < 4.78 is 41.0. The highest BCUT2D eigenvalue weighted by atomic mass is 31.2. The van der Waals surface area contributed by atoms with Gasteiger partial charge in [-0.3, -0.25) is 13.8 Å². The number of methoxy groups -OCH3 is 1. The fourth-order valence-electron chi connectivity index (χ4n) is 5.01. The van der Waals surface area contributed by atoms with Crippen LogP contribution in [-0.2, 0) is 32.6 Å². The van der Waals surface area contributed by atoms with Crippen molar-refractivity contribution in [2.45, 2.75) is 149 Å². The molecule has 0 amide bonds. The fraction of sp³-hybridized carbons (Fsp3) is 0.971. The average Bonchev–Trinajstić information content (AvgIpc) is 2.96. The lowest BCUT2D eigenvalue weighted by Crippen LogP contribution is -2.37. The van der Waals surface area contributed by atoms with Gasteiger partial charge in [0.05, 0.1) is 47.6 Å². The second-order valence-corrected chi connectivity index (χ2v) is 14.9. The quantitative estimate of drug-likeness (QED) is 0.0334. The molecule has 0 aliphatic rings. The first-order valence-corrected chi connectivity index (χ1v) is 19.2. The van der Waals surface area contributed by atoms with Crippen LogP contribution < -0.4 is 0 Å². The maximum Gasteiger partial charge on any atom is 0.472 e. The van der Waals surface area contributed by atoms with E-state index in [1.165, 1.54) is 84.2 Å². The van der Waals surface area contributed by atoms with E-state index in [9.17, 15) is 14.3 Å². The lowest BCUT2D eigenvalue weighted by atomic mass is 9.93. The maximum atomic E-state index is 12.6. The molecule has 0 rings (SSSR count). The van der Waals surface area contributed by atoms with Gasteiger partial charge in [-0.1, -0.05) is 104 Å². The van der Waals surface area contributed by atoms with Gasteiger partial charge in [0.15, 0.2) is 0 Å². The SMILES string of the molecule is CCCCCCCCCCC[C@@H](OC[C@H](COP(=O)(O)OCC[N+](C)(C)C)OCCCCC(=O)OC)C(C)CCCCCC. The van der Waals surface area contributed by atoms with Crippen molar-refractivity contribution in [1.82, 2.24) is 0 Å². The Morgan fingerprint density at radius 3 is 1.89 bits per heavy atom. The number of quaternary nitrogens is 1. The highest BCUT2D eigenvalue weighted by Crippen LogP contribution is 2.43. The topological polar surface area (TPSA) is 101 Å². The molecule has 0 bridgehead atoms. The first kappa shape index (κ1) is 43.5. The Hall–Kier alpha value is -0.540. The molecule has 0 saturated carbocycles. The highest BCUT2D eigenvalue weighted by molar-refractivity contribution is 7.47. The smallest absolute Gasteiger partial charge is 0.469 e. The monoisotopic (exact) mass is 652 g/mol. The molecule has 0 heterocycles. The van der Waals surface area contributed by atoms with E-state index in [4.69, 9.17) is 23.3 Å². The van der Waals surface area contributed by atoms with Crippen molar-refractivity contribution < 1.29 is 42.0 Å². The molecule has 9 nitrogen and oxygen atoms in total. The predicted molar refractivity (Wildman–Crippen MR) is 180 cm³/mol. The van der Waals surface area contributed by atoms with Crippen LogP contribution in [0.15, 0.2) is 0 Å². The second kappa shape index (κ2) is 27.6. The molecule has 0 aliphatic heterocycles. The zero-order valence-electron chi connectivity index (χ0n) is 29.7. The van der Waals surface area contributed by atoms with Crippen LogP contribution in [0.25, 0.3) is 0 Å². The molecule has 44 heavy (non-hydrogen) atoms. The van der Waals surface area contributed by atoms with Crippen molar-refractivity contribution in [2.75, 3.05) is 61.2 Å². The number of carbonyl (C=O) groups is 1. The molecule has 10 heteroatoms. The van der Waals surface area contributed by atoms with Crippen LogP contribution in [0.5, 0.6) is 0 Å². The van der Waals surface area contributed by atoms with E-state index in [0.717, 1.165) is 19.3 Å². The first-order chi connectivity index (χ1) is 20.9. The highest BCUT2D eigenvalue weighted by Gasteiger charge is 2.26. The largest absolute Gasteiger partial charge is 0.472 e. The van der Waals surface area contributed by atoms with Crippen molar-refractivity contribution in [3.05, 3.63) is 0 Å². The molecule has 4 atom stereocenters. The number of hydrogen-bond donors (Lipinski definition) is 1. The summed E-state index contributed by atoms with van der Waals surface area (Å²) in [7, 11) is 3.13. The summed E-state index contributed by atoms with van der Waals surface area (Å²) in [6, 6.07) is 0. The Morgan fingerprint density at radius 2 is 1.30 bits per heavy atom. The van der Waals surface area contributed by atoms with Crippen molar-refractivity contribution in [1.29, 1.82) is 0 Å². The van der Waals surface area contributed by atoms with E-state index in [1.54, 1.807) is 0 Å². The van der Waals surface area contributed by atoms with Crippen molar-refractivity contribution in [2.24, 2.45) is 5.92 Å². The summed E-state index contributed by atoms with van der Waals surface area (Å²) in [5.41, 5.74) is 0. The Morgan fingerprint density at radius 1 is 0.727 bits per heavy atom. The number of unbranched alkanes of at least 4 members (excludes halogenated alkanes) is 12. The van der Waals surface area contributed by atoms with E-state index in [1.807, 2.05) is 21.1 Å². The average molecular weight is 653 g/mol. The van der Waals surface area contributed by atoms with Gasteiger partial charge in [-0.05, 0) is 31.6 Å². The number of phosphoric ester groups is 1. The van der Waals surface area contributed by atoms with Crippen LogP contribution >= 0.6 is 7.82 Å². The number of nitrogens with zero attached hydrogens (tertiary/aromatic N) is 1. The summed E-state index contributed by atoms with van der Waals surface area (Å²) >= 11 is 0. The number of phosphoric acid groups is 1. The molecule has 0 radical (unpaired) electrons. The third-order valence-electron chi connectivity index (χ3n) is 8.03. The van der Waals surface area contributed by atoms with Crippen LogP contribution in [0.3, 0.4) is 0 Å². The Kier molecular flexibility index (Phi) is 27.2. The molecule has 0 aromatic carbocycles. The van der Waals surface area contributed by atoms with E-state index >= 15 is 0 Å². The standard InChI is InChI=1S/C34H70NO8P/c1-8-10-12-14-15-16-17-18-20-24-33(31(3)23-19-13-11-9-2)41-29-32(40-27-22-21-25-34(36)39-7)30-43-44(37,38)42-28-26-35(4,5)6/h31-33H,8-30H2,1-7H3/p+1/t31?,32-,33-/m1/s1. The summed E-state index contributed by atoms with van der Waals surface area (Å²) in [4.78, 5) is 21.7. The van der Waals surface area contributed by atoms with Gasteiger partial charge in [-0.25, -0.2) is 4.57 Å². The minimum absolute atomic E-state index is 0.105. The van der Waals surface area contributed by atoms with Gasteiger partial charge in [0.2, 0.25) is 0 Å². The molecule has 0 saturated heterocycles. The van der Waals surface area contributed by atoms with E-state index < -0.39 is 13.9 Å². The number of hydrogen-bond acceptors (Lipinski definition) is 7. The molecule has 0 spiro atoms. The summed E-state index contributed by atoms with van der Waals surface area (Å²) in [5.74, 6) is 0.179. The fourth-order valence-corrected chi connectivity index (χ4v) is 5.75. The second-order valence-electron chi connectivity index (χ2n) is 13.5. The maximum absolute atomic E-state index is 12.6. The normalized spacial score (nSPS) is 15.5. The molecular formula is C34H71NO8P+. The number of carbonyl (C=O) groups excluding carboxylic acids is 1. The molecular weight excluding hydrogens is 581 g/mol. The minimum Gasteiger partial charge on any atom is -0.469 e. The molecule has 264 valence electrons. The van der Waals surface area contributed by atoms with Crippen molar-refractivity contribution in [3.63, 3.8) is 0 Å². The molecule has 0 fully saturated rings. The molecule has 0 aliphatic carbocycles. The van der Waals surface area contributed by atoms with Gasteiger partial charge in [-0.2, -0.15) is 0 Å². The number of ether oxygens (including phenoxy) is 3. The van der Waals surface area contributed by atoms with Crippen LogP contribution in [-0.4, -0.2) is 88.8 Å². The predicted octanol–water partition coefficient (Wildman–Crippen LogP) is 8.47. The summed E-state index contributed by atoms with van der Waals surface area (Å²) in [6.45, 7) is 8.03.